The number of amides is 1. The predicted molar refractivity (Wildman–Crippen MR) is 142 cm³/mol. The van der Waals surface area contributed by atoms with Gasteiger partial charge in [-0.05, 0) is 61.4 Å². The van der Waals surface area contributed by atoms with E-state index in [1.807, 2.05) is 68.4 Å². The number of nitrogens with zero attached hydrogens (tertiary/aromatic N) is 2. The lowest BCUT2D eigenvalue weighted by Gasteiger charge is -2.23. The minimum absolute atomic E-state index is 0.0392. The molecule has 1 amide bonds. The molecule has 37 heavy (non-hydrogen) atoms. The van der Waals surface area contributed by atoms with Crippen LogP contribution < -0.4 is 14.4 Å². The molecule has 1 saturated heterocycles. The molecule has 3 heterocycles. The Morgan fingerprint density at radius 3 is 2.73 bits per heavy atom. The number of hydrogen-bond acceptors (Lipinski definition) is 7. The zero-order valence-corrected chi connectivity index (χ0v) is 21.1. The maximum absolute atomic E-state index is 13.5. The minimum Gasteiger partial charge on any atom is -0.507 e. The van der Waals surface area contributed by atoms with Crippen LogP contribution in [0.2, 0.25) is 0 Å². The summed E-state index contributed by atoms with van der Waals surface area (Å²) in [6.45, 7) is 4.43. The highest BCUT2D eigenvalue weighted by atomic mass is 32.1. The number of aliphatic hydroxyl groups is 1. The summed E-state index contributed by atoms with van der Waals surface area (Å²) in [6, 6.07) is 19.3. The van der Waals surface area contributed by atoms with Crippen molar-refractivity contribution in [2.45, 2.75) is 32.4 Å². The molecule has 0 aliphatic carbocycles. The van der Waals surface area contributed by atoms with Gasteiger partial charge in [0.05, 0.1) is 28.4 Å². The molecule has 4 aromatic rings. The number of thiazole rings is 1. The number of benzene rings is 3. The first-order chi connectivity index (χ1) is 17.9. The summed E-state index contributed by atoms with van der Waals surface area (Å²) in [5.74, 6) is -0.202. The average molecular weight is 513 g/mol. The van der Waals surface area contributed by atoms with Crippen molar-refractivity contribution in [1.29, 1.82) is 0 Å². The van der Waals surface area contributed by atoms with Crippen molar-refractivity contribution in [2.24, 2.45) is 0 Å². The van der Waals surface area contributed by atoms with Gasteiger partial charge in [0.15, 0.2) is 5.13 Å². The Bertz CT molecular complexity index is 1580. The smallest absolute Gasteiger partial charge is 0.301 e. The standard InChI is InChI=1S/C29H24N2O5S/c1-3-35-20-10-11-21-23(15-20)37-29(30-21)31-25(17-7-5-4-6-8-17)24(27(33)28(31)34)26(32)18-9-12-22-19(14-18)13-16(2)36-22/h4-12,14-16,25,32H,3,13H2,1-2H3/t16-,25-/m1/s1. The fourth-order valence-electron chi connectivity index (χ4n) is 4.96. The average Bonchev–Trinajstić information content (AvgIpc) is 3.56. The molecule has 2 aliphatic heterocycles. The van der Waals surface area contributed by atoms with Crippen LogP contribution in [-0.4, -0.2) is 34.5 Å². The van der Waals surface area contributed by atoms with Gasteiger partial charge >= 0.3 is 5.91 Å². The lowest BCUT2D eigenvalue weighted by molar-refractivity contribution is -0.132. The highest BCUT2D eigenvalue weighted by molar-refractivity contribution is 7.22. The van der Waals surface area contributed by atoms with Crippen LogP contribution in [0.5, 0.6) is 11.5 Å². The predicted octanol–water partition coefficient (Wildman–Crippen LogP) is 5.64. The summed E-state index contributed by atoms with van der Waals surface area (Å²) >= 11 is 1.31. The van der Waals surface area contributed by atoms with Gasteiger partial charge in [-0.25, -0.2) is 4.98 Å². The normalized spacial score (nSPS) is 20.3. The third-order valence-corrected chi connectivity index (χ3v) is 7.61. The number of ketones is 1. The van der Waals surface area contributed by atoms with E-state index in [9.17, 15) is 14.7 Å². The van der Waals surface area contributed by atoms with Crippen molar-refractivity contribution in [3.8, 4) is 11.5 Å². The number of ether oxygens (including phenoxy) is 2. The second kappa shape index (κ2) is 9.05. The molecule has 2 aliphatic rings. The third-order valence-electron chi connectivity index (χ3n) is 6.59. The molecule has 1 aromatic heterocycles. The first-order valence-electron chi connectivity index (χ1n) is 12.1. The van der Waals surface area contributed by atoms with E-state index in [0.29, 0.717) is 40.6 Å². The SMILES string of the molecule is CCOc1ccc2nc(N3C(=O)C(=O)C(=C(O)c4ccc5c(c4)C[C@@H](C)O5)[C@H]3c3ccccc3)sc2c1. The molecule has 0 bridgehead atoms. The van der Waals surface area contributed by atoms with Gasteiger partial charge in [-0.2, -0.15) is 0 Å². The quantitative estimate of drug-likeness (QED) is 0.211. The number of aliphatic hydroxyl groups excluding tert-OH is 1. The summed E-state index contributed by atoms with van der Waals surface area (Å²) in [6.07, 6.45) is 0.757. The van der Waals surface area contributed by atoms with Crippen molar-refractivity contribution < 1.29 is 24.2 Å². The van der Waals surface area contributed by atoms with Gasteiger partial charge in [0.2, 0.25) is 0 Å². The zero-order valence-electron chi connectivity index (χ0n) is 20.3. The van der Waals surface area contributed by atoms with Gasteiger partial charge in [-0.15, -0.1) is 0 Å². The Hall–Kier alpha value is -4.17. The highest BCUT2D eigenvalue weighted by Crippen LogP contribution is 2.45. The lowest BCUT2D eigenvalue weighted by Crippen LogP contribution is -2.29. The molecule has 3 aromatic carbocycles. The molecule has 7 nitrogen and oxygen atoms in total. The van der Waals surface area contributed by atoms with Gasteiger partial charge in [0.1, 0.15) is 23.4 Å². The molecule has 0 saturated carbocycles. The topological polar surface area (TPSA) is 89.0 Å². The Balaban J connectivity index is 1.50. The monoisotopic (exact) mass is 512 g/mol. The zero-order chi connectivity index (χ0) is 25.7. The number of Topliss-reactive ketones (excluding diaryl/α,β-unsaturated/α-hetero) is 1. The van der Waals surface area contributed by atoms with E-state index in [2.05, 4.69) is 4.98 Å². The van der Waals surface area contributed by atoms with Crippen LogP contribution in [0.25, 0.3) is 16.0 Å². The summed E-state index contributed by atoms with van der Waals surface area (Å²) in [7, 11) is 0. The van der Waals surface area contributed by atoms with E-state index in [0.717, 1.165) is 16.0 Å². The van der Waals surface area contributed by atoms with E-state index >= 15 is 0 Å². The molecule has 0 radical (unpaired) electrons. The number of anilines is 1. The lowest BCUT2D eigenvalue weighted by atomic mass is 9.94. The number of aromatic nitrogens is 1. The van der Waals surface area contributed by atoms with Crippen molar-refractivity contribution in [2.75, 3.05) is 11.5 Å². The van der Waals surface area contributed by atoms with Crippen molar-refractivity contribution >= 4 is 44.1 Å². The van der Waals surface area contributed by atoms with Crippen LogP contribution in [0, 0.1) is 0 Å². The van der Waals surface area contributed by atoms with E-state index in [4.69, 9.17) is 9.47 Å². The number of carbonyl (C=O) groups is 2. The van der Waals surface area contributed by atoms with Crippen LogP contribution in [0.1, 0.15) is 36.6 Å². The Morgan fingerprint density at radius 2 is 1.95 bits per heavy atom. The molecule has 6 rings (SSSR count). The summed E-state index contributed by atoms with van der Waals surface area (Å²) in [4.78, 5) is 33.0. The third kappa shape index (κ3) is 3.94. The summed E-state index contributed by atoms with van der Waals surface area (Å²) in [5.41, 5.74) is 2.87. The first-order valence-corrected chi connectivity index (χ1v) is 13.0. The first kappa shape index (κ1) is 23.2. The second-order valence-electron chi connectivity index (χ2n) is 9.09. The molecular weight excluding hydrogens is 488 g/mol. The molecule has 0 unspecified atom stereocenters. The van der Waals surface area contributed by atoms with Gasteiger partial charge in [0.25, 0.3) is 5.78 Å². The Labute approximate surface area is 217 Å². The van der Waals surface area contributed by atoms with Crippen LogP contribution in [0.15, 0.2) is 72.3 Å². The molecule has 1 fully saturated rings. The van der Waals surface area contributed by atoms with Gasteiger partial charge in [-0.1, -0.05) is 41.7 Å². The van der Waals surface area contributed by atoms with Gasteiger partial charge in [-0.3, -0.25) is 14.5 Å². The van der Waals surface area contributed by atoms with E-state index < -0.39 is 17.7 Å². The molecule has 8 heteroatoms. The Kier molecular flexibility index (Phi) is 5.68. The number of rotatable bonds is 5. The van der Waals surface area contributed by atoms with E-state index in [-0.39, 0.29) is 17.4 Å². The Morgan fingerprint density at radius 1 is 1.14 bits per heavy atom. The number of fused-ring (bicyclic) bond motifs is 2. The number of hydrogen-bond donors (Lipinski definition) is 1. The summed E-state index contributed by atoms with van der Waals surface area (Å²) < 4.78 is 12.2. The van der Waals surface area contributed by atoms with Crippen molar-refractivity contribution in [1.82, 2.24) is 4.98 Å². The molecular formula is C29H24N2O5S. The summed E-state index contributed by atoms with van der Waals surface area (Å²) in [5, 5.41) is 11.8. The van der Waals surface area contributed by atoms with Crippen LogP contribution in [0.4, 0.5) is 5.13 Å². The maximum atomic E-state index is 13.5. The minimum atomic E-state index is -0.823. The molecule has 1 N–H and O–H groups in total. The fourth-order valence-corrected chi connectivity index (χ4v) is 5.98. The van der Waals surface area contributed by atoms with Gasteiger partial charge in [0, 0.05) is 12.0 Å². The highest BCUT2D eigenvalue weighted by Gasteiger charge is 2.48. The molecule has 186 valence electrons. The van der Waals surface area contributed by atoms with Crippen molar-refractivity contribution in [3.63, 3.8) is 0 Å². The van der Waals surface area contributed by atoms with Crippen LogP contribution in [-0.2, 0) is 16.0 Å². The van der Waals surface area contributed by atoms with Crippen LogP contribution >= 0.6 is 11.3 Å². The van der Waals surface area contributed by atoms with E-state index in [1.54, 1.807) is 12.1 Å². The largest absolute Gasteiger partial charge is 0.507 e. The molecule has 2 atom stereocenters. The van der Waals surface area contributed by atoms with Gasteiger partial charge < -0.3 is 14.6 Å². The fraction of sp³-hybridized carbons (Fsp3) is 0.207. The molecule has 0 spiro atoms. The van der Waals surface area contributed by atoms with E-state index in [1.165, 1.54) is 16.2 Å². The maximum Gasteiger partial charge on any atom is 0.301 e. The van der Waals surface area contributed by atoms with Crippen molar-refractivity contribution in [3.05, 3.63) is 89.0 Å². The second-order valence-corrected chi connectivity index (χ2v) is 10.1. The van der Waals surface area contributed by atoms with Crippen LogP contribution in [0.3, 0.4) is 0 Å². The number of carbonyl (C=O) groups excluding carboxylic acids is 2.